The smallest absolute Gasteiger partial charge is 0.406 e. The van der Waals surface area contributed by atoms with Gasteiger partial charge in [0.05, 0.1) is 16.6 Å². The first-order valence-electron chi connectivity index (χ1n) is 6.68. The molecule has 0 fully saturated rings. The second-order valence-corrected chi connectivity index (χ2v) is 4.79. The van der Waals surface area contributed by atoms with Crippen LogP contribution < -0.4 is 0 Å². The molecule has 0 aliphatic rings. The topological polar surface area (TPSA) is 101 Å². The largest absolute Gasteiger partial charge is 0.465 e. The highest BCUT2D eigenvalue weighted by molar-refractivity contribution is 6.09. The third-order valence-electron chi connectivity index (χ3n) is 2.83. The molecule has 1 amide bonds. The zero-order chi connectivity index (χ0) is 18.3. The summed E-state index contributed by atoms with van der Waals surface area (Å²) in [7, 11) is 2.95. The van der Waals surface area contributed by atoms with Crippen molar-refractivity contribution in [2.75, 3.05) is 14.1 Å². The minimum Gasteiger partial charge on any atom is -0.465 e. The van der Waals surface area contributed by atoms with E-state index >= 15 is 0 Å². The van der Waals surface area contributed by atoms with Gasteiger partial charge in [-0.3, -0.25) is 14.9 Å². The maximum absolute atomic E-state index is 13.6. The van der Waals surface area contributed by atoms with Crippen LogP contribution in [0.25, 0.3) is 0 Å². The summed E-state index contributed by atoms with van der Waals surface area (Å²) in [6.07, 6.45) is -0.907. The Balaban J connectivity index is 0.000000413. The van der Waals surface area contributed by atoms with E-state index in [1.54, 1.807) is 30.3 Å². The highest BCUT2D eigenvalue weighted by atomic mass is 19.1. The van der Waals surface area contributed by atoms with Crippen LogP contribution in [0.1, 0.15) is 15.9 Å². The number of nitro benzene ring substituents is 1. The van der Waals surface area contributed by atoms with Crippen molar-refractivity contribution in [1.82, 2.24) is 4.90 Å². The number of nitro groups is 1. The molecule has 126 valence electrons. The molecule has 0 aliphatic carbocycles. The molecule has 24 heavy (non-hydrogen) atoms. The van der Waals surface area contributed by atoms with Gasteiger partial charge < -0.3 is 10.0 Å². The van der Waals surface area contributed by atoms with Crippen LogP contribution in [0.2, 0.25) is 0 Å². The summed E-state index contributed by atoms with van der Waals surface area (Å²) in [6.45, 7) is 0. The number of carbonyl (C=O) groups is 2. The van der Waals surface area contributed by atoms with Crippen molar-refractivity contribution < 1.29 is 24.0 Å². The lowest BCUT2D eigenvalue weighted by atomic mass is 10.0. The van der Waals surface area contributed by atoms with Crippen molar-refractivity contribution in [2.45, 2.75) is 0 Å². The molecule has 8 heteroatoms. The van der Waals surface area contributed by atoms with E-state index in [1.807, 2.05) is 0 Å². The average Bonchev–Trinajstić information content (AvgIpc) is 2.55. The molecule has 1 N–H and O–H groups in total. The Morgan fingerprint density at radius 1 is 1.12 bits per heavy atom. The van der Waals surface area contributed by atoms with Gasteiger partial charge in [-0.25, -0.2) is 9.18 Å². The Morgan fingerprint density at radius 3 is 2.08 bits per heavy atom. The lowest BCUT2D eigenvalue weighted by molar-refractivity contribution is -0.385. The number of amides is 1. The lowest BCUT2D eigenvalue weighted by Crippen LogP contribution is -2.18. The molecule has 0 unspecified atom stereocenters. The molecule has 0 bridgehead atoms. The minimum absolute atomic E-state index is 0.174. The van der Waals surface area contributed by atoms with Gasteiger partial charge in [0.2, 0.25) is 0 Å². The molecule has 0 heterocycles. The van der Waals surface area contributed by atoms with E-state index in [0.717, 1.165) is 23.1 Å². The van der Waals surface area contributed by atoms with Crippen LogP contribution in [0.5, 0.6) is 0 Å². The van der Waals surface area contributed by atoms with Gasteiger partial charge in [0.15, 0.2) is 5.78 Å². The van der Waals surface area contributed by atoms with Gasteiger partial charge in [-0.1, -0.05) is 30.3 Å². The van der Waals surface area contributed by atoms with Gasteiger partial charge in [-0.05, 0) is 6.07 Å². The molecule has 0 spiro atoms. The molecule has 2 rings (SSSR count). The maximum atomic E-state index is 13.6. The van der Waals surface area contributed by atoms with E-state index in [1.165, 1.54) is 14.1 Å². The number of non-ortho nitro benzene ring substituents is 1. The van der Waals surface area contributed by atoms with Gasteiger partial charge in [-0.15, -0.1) is 0 Å². The number of nitrogens with zero attached hydrogens (tertiary/aromatic N) is 2. The Kier molecular flexibility index (Phi) is 6.54. The van der Waals surface area contributed by atoms with Crippen molar-refractivity contribution >= 4 is 17.6 Å². The summed E-state index contributed by atoms with van der Waals surface area (Å²) < 4.78 is 13.6. The first kappa shape index (κ1) is 18.8. The van der Waals surface area contributed by atoms with E-state index in [4.69, 9.17) is 5.11 Å². The van der Waals surface area contributed by atoms with Gasteiger partial charge >= 0.3 is 6.09 Å². The molecule has 0 atom stereocenters. The quantitative estimate of drug-likeness (QED) is 0.528. The highest BCUT2D eigenvalue weighted by Crippen LogP contribution is 2.19. The number of halogens is 1. The molecule has 0 radical (unpaired) electrons. The van der Waals surface area contributed by atoms with Crippen molar-refractivity contribution in [3.63, 3.8) is 0 Å². The minimum atomic E-state index is -0.907. The maximum Gasteiger partial charge on any atom is 0.406 e. The lowest BCUT2D eigenvalue weighted by Gasteiger charge is -2.02. The molecule has 2 aromatic rings. The number of carboxylic acid groups (broad SMARTS) is 1. The van der Waals surface area contributed by atoms with Crippen LogP contribution in [0.3, 0.4) is 0 Å². The number of carbonyl (C=O) groups excluding carboxylic acids is 1. The fourth-order valence-corrected chi connectivity index (χ4v) is 1.55. The average molecular weight is 334 g/mol. The summed E-state index contributed by atoms with van der Waals surface area (Å²) in [6, 6.07) is 11.2. The van der Waals surface area contributed by atoms with Crippen molar-refractivity contribution in [3.8, 4) is 0 Å². The zero-order valence-corrected chi connectivity index (χ0v) is 13.0. The molecule has 0 saturated carbocycles. The van der Waals surface area contributed by atoms with Gasteiger partial charge in [0.25, 0.3) is 5.69 Å². The Bertz CT molecular complexity index is 747. The molecule has 7 nitrogen and oxygen atoms in total. The van der Waals surface area contributed by atoms with Crippen molar-refractivity contribution in [1.29, 1.82) is 0 Å². The SMILES string of the molecule is CN(C)C(=O)O.O=C(c1ccccc1)c1ccc([N+](=O)[O-])cc1F. The molecular formula is C16H15FN2O5. The fourth-order valence-electron chi connectivity index (χ4n) is 1.55. The highest BCUT2D eigenvalue weighted by Gasteiger charge is 2.17. The monoisotopic (exact) mass is 334 g/mol. The first-order valence-corrected chi connectivity index (χ1v) is 6.68. The van der Waals surface area contributed by atoms with Crippen LogP contribution in [-0.4, -0.2) is 40.9 Å². The summed E-state index contributed by atoms with van der Waals surface area (Å²) in [5, 5.41) is 18.4. The summed E-state index contributed by atoms with van der Waals surface area (Å²) in [5.74, 6) is -1.39. The number of hydrogen-bond donors (Lipinski definition) is 1. The van der Waals surface area contributed by atoms with Crippen molar-refractivity contribution in [2.24, 2.45) is 0 Å². The van der Waals surface area contributed by atoms with E-state index < -0.39 is 22.6 Å². The fraction of sp³-hybridized carbons (Fsp3) is 0.125. The Hall–Kier alpha value is -3.29. The Labute approximate surface area is 137 Å². The zero-order valence-electron chi connectivity index (χ0n) is 13.0. The van der Waals surface area contributed by atoms with Crippen LogP contribution in [0.4, 0.5) is 14.9 Å². The third kappa shape index (κ3) is 5.16. The van der Waals surface area contributed by atoms with Gasteiger partial charge in [-0.2, -0.15) is 0 Å². The number of rotatable bonds is 3. The van der Waals surface area contributed by atoms with E-state index in [9.17, 15) is 24.1 Å². The van der Waals surface area contributed by atoms with Crippen molar-refractivity contribution in [3.05, 3.63) is 75.6 Å². The van der Waals surface area contributed by atoms with Crippen LogP contribution in [0, 0.1) is 15.9 Å². The van der Waals surface area contributed by atoms with Gasteiger partial charge in [0, 0.05) is 25.7 Å². The summed E-state index contributed by atoms with van der Waals surface area (Å²) >= 11 is 0. The van der Waals surface area contributed by atoms with E-state index in [-0.39, 0.29) is 11.3 Å². The van der Waals surface area contributed by atoms with Crippen LogP contribution in [0.15, 0.2) is 48.5 Å². The second-order valence-electron chi connectivity index (χ2n) is 4.79. The van der Waals surface area contributed by atoms with E-state index in [0.29, 0.717) is 5.56 Å². The number of hydrogen-bond acceptors (Lipinski definition) is 4. The predicted molar refractivity (Wildman–Crippen MR) is 84.6 cm³/mol. The molecule has 0 aliphatic heterocycles. The summed E-state index contributed by atoms with van der Waals surface area (Å²) in [4.78, 5) is 32.4. The summed E-state index contributed by atoms with van der Waals surface area (Å²) in [5.41, 5.74) is -0.214. The normalized spacial score (nSPS) is 9.46. The molecule has 0 aromatic heterocycles. The molecule has 0 saturated heterocycles. The molecule has 2 aromatic carbocycles. The van der Waals surface area contributed by atoms with E-state index in [2.05, 4.69) is 0 Å². The standard InChI is InChI=1S/C13H8FNO3.C3H7NO2/c14-12-8-10(15(17)18)6-7-11(12)13(16)9-4-2-1-3-5-9;1-4(2)3(5)6/h1-8H;1-2H3,(H,5,6). The second kappa shape index (κ2) is 8.37. The molecular weight excluding hydrogens is 319 g/mol. The Morgan fingerprint density at radius 2 is 1.67 bits per heavy atom. The van der Waals surface area contributed by atoms with Gasteiger partial charge in [0.1, 0.15) is 5.82 Å². The first-order chi connectivity index (χ1) is 11.2. The predicted octanol–water partition coefficient (Wildman–Crippen LogP) is 3.19. The number of benzene rings is 2. The number of ketones is 1. The van der Waals surface area contributed by atoms with Crippen LogP contribution >= 0.6 is 0 Å². The third-order valence-corrected chi connectivity index (χ3v) is 2.83. The van der Waals surface area contributed by atoms with Crippen LogP contribution in [-0.2, 0) is 0 Å².